The zero-order valence-electron chi connectivity index (χ0n) is 18.2. The van der Waals surface area contributed by atoms with E-state index in [2.05, 4.69) is 5.32 Å². The number of para-hydroxylation sites is 1. The molecule has 0 aliphatic carbocycles. The van der Waals surface area contributed by atoms with Gasteiger partial charge in [0.15, 0.2) is 0 Å². The van der Waals surface area contributed by atoms with Crippen LogP contribution in [0.1, 0.15) is 11.5 Å². The van der Waals surface area contributed by atoms with E-state index in [0.717, 1.165) is 16.7 Å². The summed E-state index contributed by atoms with van der Waals surface area (Å²) in [4.78, 5) is 28.6. The third kappa shape index (κ3) is 3.90. The molecule has 2 aliphatic heterocycles. The topological polar surface area (TPSA) is 72.9 Å². The van der Waals surface area contributed by atoms with Crippen LogP contribution in [-0.4, -0.2) is 58.6 Å². The van der Waals surface area contributed by atoms with Crippen molar-refractivity contribution in [1.82, 2.24) is 9.80 Å². The number of fused-ring (bicyclic) bond motifs is 1. The van der Waals surface area contributed by atoms with Gasteiger partial charge in [0.1, 0.15) is 18.2 Å². The second-order valence-corrected chi connectivity index (χ2v) is 8.56. The van der Waals surface area contributed by atoms with Gasteiger partial charge in [-0.05, 0) is 41.0 Å². The quantitative estimate of drug-likeness (QED) is 0.618. The van der Waals surface area contributed by atoms with Gasteiger partial charge < -0.3 is 20.2 Å². The summed E-state index contributed by atoms with van der Waals surface area (Å²) < 4.78 is 27.2. The third-order valence-corrected chi connectivity index (χ3v) is 6.63. The number of benzene rings is 3. The number of hydrogen-bond donors (Lipinski definition) is 2. The monoisotopic (exact) mass is 463 g/mol. The lowest BCUT2D eigenvalue weighted by molar-refractivity contribution is -0.159. The summed E-state index contributed by atoms with van der Waals surface area (Å²) in [6.45, 7) is -0.0511. The van der Waals surface area contributed by atoms with Crippen LogP contribution in [0.4, 0.5) is 19.3 Å². The molecule has 0 bridgehead atoms. The zero-order valence-corrected chi connectivity index (χ0v) is 18.2. The Bertz CT molecular complexity index is 1220. The number of halogens is 2. The van der Waals surface area contributed by atoms with Crippen molar-refractivity contribution in [3.63, 3.8) is 0 Å². The van der Waals surface area contributed by atoms with Crippen LogP contribution in [0.5, 0.6) is 0 Å². The molecule has 34 heavy (non-hydrogen) atoms. The second-order valence-electron chi connectivity index (χ2n) is 8.56. The fourth-order valence-corrected chi connectivity index (χ4v) is 4.95. The van der Waals surface area contributed by atoms with Gasteiger partial charge in [0, 0.05) is 12.5 Å². The number of urea groups is 1. The van der Waals surface area contributed by atoms with E-state index in [1.807, 2.05) is 24.3 Å². The molecule has 3 amide bonds. The van der Waals surface area contributed by atoms with Crippen molar-refractivity contribution in [2.45, 2.75) is 18.0 Å². The molecule has 0 radical (unpaired) electrons. The van der Waals surface area contributed by atoms with E-state index in [1.165, 1.54) is 35.2 Å². The van der Waals surface area contributed by atoms with Crippen LogP contribution >= 0.6 is 0 Å². The molecule has 0 unspecified atom stereocenters. The van der Waals surface area contributed by atoms with Crippen LogP contribution in [0.15, 0.2) is 72.8 Å². The lowest BCUT2D eigenvalue weighted by Crippen LogP contribution is -2.73. The van der Waals surface area contributed by atoms with Crippen LogP contribution in [0, 0.1) is 11.6 Å². The summed E-state index contributed by atoms with van der Waals surface area (Å²) >= 11 is 0. The van der Waals surface area contributed by atoms with Gasteiger partial charge in [-0.3, -0.25) is 4.79 Å². The average Bonchev–Trinajstić information content (AvgIpc) is 2.82. The maximum absolute atomic E-state index is 13.9. The highest BCUT2D eigenvalue weighted by molar-refractivity contribution is 5.94. The fourth-order valence-electron chi connectivity index (χ4n) is 4.95. The van der Waals surface area contributed by atoms with Crippen LogP contribution in [0.2, 0.25) is 0 Å². The van der Waals surface area contributed by atoms with Gasteiger partial charge in [-0.2, -0.15) is 0 Å². The van der Waals surface area contributed by atoms with E-state index >= 15 is 0 Å². The van der Waals surface area contributed by atoms with Crippen molar-refractivity contribution in [2.24, 2.45) is 0 Å². The number of hydrogen-bond acceptors (Lipinski definition) is 3. The van der Waals surface area contributed by atoms with Gasteiger partial charge in [0.25, 0.3) is 0 Å². The second kappa shape index (κ2) is 8.87. The molecular formula is C26H23F2N3O3. The molecule has 0 saturated carbocycles. The van der Waals surface area contributed by atoms with Crippen molar-refractivity contribution in [2.75, 3.05) is 25.0 Å². The molecule has 2 fully saturated rings. The molecule has 2 N–H and O–H groups in total. The highest BCUT2D eigenvalue weighted by Crippen LogP contribution is 2.43. The number of amides is 3. The molecule has 2 saturated heterocycles. The lowest BCUT2D eigenvalue weighted by Gasteiger charge is -2.58. The SMILES string of the molecule is O=C(Nc1ccccc1F)N1CC(=O)N2[C@@H](CO)[C@H](c3ccc(-c4ccc(F)cc4)cc3)[C@@H]2C1. The van der Waals surface area contributed by atoms with Gasteiger partial charge in [-0.25, -0.2) is 13.6 Å². The summed E-state index contributed by atoms with van der Waals surface area (Å²) in [6.07, 6.45) is 0. The highest BCUT2D eigenvalue weighted by Gasteiger charge is 2.54. The molecule has 2 heterocycles. The number of carbonyl (C=O) groups excluding carboxylic acids is 2. The zero-order chi connectivity index (χ0) is 23.8. The summed E-state index contributed by atoms with van der Waals surface area (Å²) in [5.41, 5.74) is 2.80. The molecule has 3 aromatic rings. The van der Waals surface area contributed by atoms with Crippen LogP contribution in [-0.2, 0) is 4.79 Å². The number of anilines is 1. The van der Waals surface area contributed by atoms with Crippen LogP contribution in [0.25, 0.3) is 11.1 Å². The first-order valence-electron chi connectivity index (χ1n) is 11.0. The number of nitrogens with one attached hydrogen (secondary N) is 1. The summed E-state index contributed by atoms with van der Waals surface area (Å²) in [5, 5.41) is 12.5. The Morgan fingerprint density at radius 1 is 0.971 bits per heavy atom. The standard InChI is InChI=1S/C26H23F2N3O3/c27-19-11-9-17(10-12-19)16-5-7-18(8-6-16)25-22-13-30(14-24(33)31(22)23(25)15-32)26(34)29-21-4-2-1-3-20(21)28/h1-12,22-23,25,32H,13-15H2,(H,29,34)/t22-,23-,25+/m0/s1. The van der Waals surface area contributed by atoms with Gasteiger partial charge in [-0.15, -0.1) is 0 Å². The molecule has 6 nitrogen and oxygen atoms in total. The minimum absolute atomic E-state index is 0.0529. The van der Waals surface area contributed by atoms with Crippen LogP contribution < -0.4 is 5.32 Å². The van der Waals surface area contributed by atoms with Gasteiger partial charge in [0.05, 0.1) is 24.4 Å². The Hall–Kier alpha value is -3.78. The minimum atomic E-state index is -0.552. The first kappa shape index (κ1) is 22.0. The van der Waals surface area contributed by atoms with Gasteiger partial charge >= 0.3 is 6.03 Å². The Labute approximate surface area is 195 Å². The minimum Gasteiger partial charge on any atom is -0.394 e. The average molecular weight is 463 g/mol. The van der Waals surface area contributed by atoms with E-state index in [-0.39, 0.29) is 55.1 Å². The van der Waals surface area contributed by atoms with Crippen molar-refractivity contribution in [3.8, 4) is 11.1 Å². The molecule has 8 heteroatoms. The van der Waals surface area contributed by atoms with Crippen molar-refractivity contribution in [3.05, 3.63) is 90.0 Å². The maximum Gasteiger partial charge on any atom is 0.322 e. The molecule has 0 aromatic heterocycles. The number of piperazine rings is 1. The number of carbonyl (C=O) groups is 2. The number of aliphatic hydroxyl groups is 1. The van der Waals surface area contributed by atoms with Crippen molar-refractivity contribution >= 4 is 17.6 Å². The molecule has 174 valence electrons. The van der Waals surface area contributed by atoms with E-state index in [1.54, 1.807) is 23.1 Å². The molecule has 5 rings (SSSR count). The molecule has 2 aliphatic rings. The third-order valence-electron chi connectivity index (χ3n) is 6.63. The van der Waals surface area contributed by atoms with E-state index in [0.29, 0.717) is 0 Å². The molecule has 3 aromatic carbocycles. The molecule has 0 spiro atoms. The fraction of sp³-hybridized carbons (Fsp3) is 0.231. The van der Waals surface area contributed by atoms with Crippen LogP contribution in [0.3, 0.4) is 0 Å². The predicted molar refractivity (Wildman–Crippen MR) is 123 cm³/mol. The Kier molecular flexibility index (Phi) is 5.75. The summed E-state index contributed by atoms with van der Waals surface area (Å²) in [5.74, 6) is -1.26. The van der Waals surface area contributed by atoms with Gasteiger partial charge in [-0.1, -0.05) is 48.5 Å². The Morgan fingerprint density at radius 2 is 1.62 bits per heavy atom. The van der Waals surface area contributed by atoms with Gasteiger partial charge in [0.2, 0.25) is 5.91 Å². The highest BCUT2D eigenvalue weighted by atomic mass is 19.1. The first-order chi connectivity index (χ1) is 16.5. The number of nitrogens with zero attached hydrogens (tertiary/aromatic N) is 2. The number of aliphatic hydroxyl groups excluding tert-OH is 1. The molecular weight excluding hydrogens is 440 g/mol. The van der Waals surface area contributed by atoms with E-state index < -0.39 is 11.8 Å². The first-order valence-corrected chi connectivity index (χ1v) is 11.0. The number of rotatable bonds is 4. The lowest BCUT2D eigenvalue weighted by atomic mass is 9.73. The summed E-state index contributed by atoms with van der Waals surface area (Å²) in [6, 6.07) is 18.6. The van der Waals surface area contributed by atoms with E-state index in [9.17, 15) is 23.5 Å². The van der Waals surface area contributed by atoms with E-state index in [4.69, 9.17) is 0 Å². The predicted octanol–water partition coefficient (Wildman–Crippen LogP) is 3.83. The van der Waals surface area contributed by atoms with Crippen molar-refractivity contribution < 1.29 is 23.5 Å². The summed E-state index contributed by atoms with van der Waals surface area (Å²) in [7, 11) is 0. The maximum atomic E-state index is 13.9. The Balaban J connectivity index is 1.34. The Morgan fingerprint density at radius 3 is 2.26 bits per heavy atom. The largest absolute Gasteiger partial charge is 0.394 e. The smallest absolute Gasteiger partial charge is 0.322 e. The normalized spacial score (nSPS) is 21.6. The van der Waals surface area contributed by atoms with Crippen molar-refractivity contribution in [1.29, 1.82) is 0 Å². The molecule has 3 atom stereocenters.